The number of unbranched alkanes of at least 4 members (excludes halogenated alkanes) is 2. The van der Waals surface area contributed by atoms with Crippen LogP contribution in [0.5, 0.6) is 0 Å². The van der Waals surface area contributed by atoms with E-state index in [1.54, 1.807) is 0 Å². The van der Waals surface area contributed by atoms with Crippen molar-refractivity contribution in [1.82, 2.24) is 4.98 Å². The van der Waals surface area contributed by atoms with Crippen molar-refractivity contribution in [1.29, 1.82) is 0 Å². The Morgan fingerprint density at radius 1 is 1.00 bits per heavy atom. The molecule has 124 valence electrons. The highest BCUT2D eigenvalue weighted by Gasteiger charge is 2.18. The van der Waals surface area contributed by atoms with Crippen molar-refractivity contribution in [3.05, 3.63) is 33.2 Å². The highest BCUT2D eigenvalue weighted by atomic mass is 16.1. The Hall–Kier alpha value is -1.05. The Balaban J connectivity index is 2.26. The Labute approximate surface area is 135 Å². The minimum Gasteiger partial charge on any atom is -0.326 e. The lowest BCUT2D eigenvalue weighted by atomic mass is 9.87. The summed E-state index contributed by atoms with van der Waals surface area (Å²) in [6, 6.07) is 2.27. The van der Waals surface area contributed by atoms with E-state index >= 15 is 0 Å². The molecule has 0 atom stereocenters. The molecule has 2 heteroatoms. The van der Waals surface area contributed by atoms with Crippen LogP contribution in [0.2, 0.25) is 0 Å². The quantitative estimate of drug-likeness (QED) is 0.709. The zero-order valence-electron chi connectivity index (χ0n) is 14.5. The third-order valence-electron chi connectivity index (χ3n) is 5.12. The molecule has 0 fully saturated rings. The summed E-state index contributed by atoms with van der Waals surface area (Å²) in [5.74, 6) is 0.458. The summed E-state index contributed by atoms with van der Waals surface area (Å²) in [5.41, 5.74) is 3.91. The number of aromatic nitrogens is 1. The van der Waals surface area contributed by atoms with Gasteiger partial charge in [0, 0.05) is 11.3 Å². The number of fused-ring (bicyclic) bond motifs is 1. The van der Waals surface area contributed by atoms with E-state index in [0.717, 1.165) is 18.4 Å². The Morgan fingerprint density at radius 2 is 1.64 bits per heavy atom. The van der Waals surface area contributed by atoms with Crippen molar-refractivity contribution < 1.29 is 0 Å². The number of pyridine rings is 1. The Bertz CT molecular complexity index is 495. The van der Waals surface area contributed by atoms with E-state index in [4.69, 9.17) is 0 Å². The van der Waals surface area contributed by atoms with E-state index in [1.807, 2.05) is 0 Å². The summed E-state index contributed by atoms with van der Waals surface area (Å²) in [6.45, 7) is 4.48. The summed E-state index contributed by atoms with van der Waals surface area (Å²) in [4.78, 5) is 15.8. The SMILES string of the molecule is CCCCC(CCCC)c1cc2c([nH]c1=O)CCCCCC2. The van der Waals surface area contributed by atoms with E-state index < -0.39 is 0 Å². The molecule has 1 aromatic heterocycles. The van der Waals surface area contributed by atoms with Crippen LogP contribution >= 0.6 is 0 Å². The predicted molar refractivity (Wildman–Crippen MR) is 94.7 cm³/mol. The van der Waals surface area contributed by atoms with E-state index in [0.29, 0.717) is 5.92 Å². The van der Waals surface area contributed by atoms with Crippen molar-refractivity contribution in [2.45, 2.75) is 96.8 Å². The molecule has 1 aliphatic rings. The fourth-order valence-corrected chi connectivity index (χ4v) is 3.71. The Kier molecular flexibility index (Phi) is 7.21. The molecule has 0 spiro atoms. The molecule has 0 saturated carbocycles. The smallest absolute Gasteiger partial charge is 0.251 e. The lowest BCUT2D eigenvalue weighted by molar-refractivity contribution is 0.518. The number of H-pyrrole nitrogens is 1. The zero-order valence-corrected chi connectivity index (χ0v) is 14.5. The standard InChI is InChI=1S/C20H33NO/c1-3-5-11-16(12-6-4-2)18-15-17-13-9-7-8-10-14-19(17)21-20(18)22/h15-16H,3-14H2,1-2H3,(H,21,22). The summed E-state index contributed by atoms with van der Waals surface area (Å²) in [5, 5.41) is 0. The number of nitrogens with one attached hydrogen (secondary N) is 1. The van der Waals surface area contributed by atoms with Crippen molar-refractivity contribution in [2.24, 2.45) is 0 Å². The maximum Gasteiger partial charge on any atom is 0.251 e. The molecule has 2 rings (SSSR count). The molecule has 0 aromatic carbocycles. The number of rotatable bonds is 7. The lowest BCUT2D eigenvalue weighted by Crippen LogP contribution is -2.20. The van der Waals surface area contributed by atoms with Crippen LogP contribution in [0.3, 0.4) is 0 Å². The lowest BCUT2D eigenvalue weighted by Gasteiger charge is -2.20. The second-order valence-electron chi connectivity index (χ2n) is 6.95. The van der Waals surface area contributed by atoms with Gasteiger partial charge in [-0.3, -0.25) is 4.79 Å². The minimum absolute atomic E-state index is 0.191. The number of hydrogen-bond donors (Lipinski definition) is 1. The summed E-state index contributed by atoms with van der Waals surface area (Å²) in [6.07, 6.45) is 14.5. The molecular weight excluding hydrogens is 270 g/mol. The predicted octanol–water partition coefficient (Wildman–Crippen LogP) is 5.50. The highest BCUT2D eigenvalue weighted by molar-refractivity contribution is 5.28. The fraction of sp³-hybridized carbons (Fsp3) is 0.750. The van der Waals surface area contributed by atoms with Gasteiger partial charge in [0.25, 0.3) is 5.56 Å². The van der Waals surface area contributed by atoms with Gasteiger partial charge in [-0.1, -0.05) is 52.4 Å². The first-order valence-corrected chi connectivity index (χ1v) is 9.51. The van der Waals surface area contributed by atoms with Gasteiger partial charge >= 0.3 is 0 Å². The first kappa shape index (κ1) is 17.3. The average Bonchev–Trinajstić information content (AvgIpc) is 2.50. The van der Waals surface area contributed by atoms with Crippen LogP contribution < -0.4 is 5.56 Å². The van der Waals surface area contributed by atoms with Gasteiger partial charge < -0.3 is 4.98 Å². The van der Waals surface area contributed by atoms with E-state index in [1.165, 1.54) is 75.5 Å². The van der Waals surface area contributed by atoms with Gasteiger partial charge in [-0.2, -0.15) is 0 Å². The van der Waals surface area contributed by atoms with E-state index in [2.05, 4.69) is 24.9 Å². The molecule has 0 aliphatic heterocycles. The third-order valence-corrected chi connectivity index (χ3v) is 5.12. The molecular formula is C20H33NO. The first-order valence-electron chi connectivity index (χ1n) is 9.51. The molecule has 1 N–H and O–H groups in total. The van der Waals surface area contributed by atoms with Gasteiger partial charge in [0.05, 0.1) is 0 Å². The van der Waals surface area contributed by atoms with Gasteiger partial charge in [-0.15, -0.1) is 0 Å². The average molecular weight is 303 g/mol. The van der Waals surface area contributed by atoms with Crippen LogP contribution in [-0.4, -0.2) is 4.98 Å². The van der Waals surface area contributed by atoms with E-state index in [9.17, 15) is 4.79 Å². The van der Waals surface area contributed by atoms with Crippen molar-refractivity contribution in [3.8, 4) is 0 Å². The highest BCUT2D eigenvalue weighted by Crippen LogP contribution is 2.27. The van der Waals surface area contributed by atoms with Crippen LogP contribution in [0.25, 0.3) is 0 Å². The maximum atomic E-state index is 12.6. The largest absolute Gasteiger partial charge is 0.326 e. The topological polar surface area (TPSA) is 32.9 Å². The molecule has 1 heterocycles. The molecule has 0 bridgehead atoms. The Morgan fingerprint density at radius 3 is 2.27 bits per heavy atom. The number of aryl methyl sites for hydroxylation is 2. The molecule has 0 amide bonds. The normalized spacial score (nSPS) is 15.4. The van der Waals surface area contributed by atoms with Crippen molar-refractivity contribution in [3.63, 3.8) is 0 Å². The maximum absolute atomic E-state index is 12.6. The summed E-state index contributed by atoms with van der Waals surface area (Å²) < 4.78 is 0. The number of hydrogen-bond acceptors (Lipinski definition) is 1. The molecule has 1 aromatic rings. The van der Waals surface area contributed by atoms with Crippen LogP contribution in [0, 0.1) is 0 Å². The van der Waals surface area contributed by atoms with Gasteiger partial charge in [0.2, 0.25) is 0 Å². The van der Waals surface area contributed by atoms with Crippen molar-refractivity contribution >= 4 is 0 Å². The summed E-state index contributed by atoms with van der Waals surface area (Å²) >= 11 is 0. The second kappa shape index (κ2) is 9.17. The van der Waals surface area contributed by atoms with Crippen LogP contribution in [0.4, 0.5) is 0 Å². The monoisotopic (exact) mass is 303 g/mol. The molecule has 1 aliphatic carbocycles. The van der Waals surface area contributed by atoms with Gasteiger partial charge in [0.15, 0.2) is 0 Å². The third kappa shape index (κ3) is 4.72. The molecule has 2 nitrogen and oxygen atoms in total. The second-order valence-corrected chi connectivity index (χ2v) is 6.95. The van der Waals surface area contributed by atoms with Crippen molar-refractivity contribution in [2.75, 3.05) is 0 Å². The molecule has 0 unspecified atom stereocenters. The minimum atomic E-state index is 0.191. The number of aromatic amines is 1. The first-order chi connectivity index (χ1) is 10.8. The van der Waals surface area contributed by atoms with Gasteiger partial charge in [-0.25, -0.2) is 0 Å². The molecule has 0 radical (unpaired) electrons. The summed E-state index contributed by atoms with van der Waals surface area (Å²) in [7, 11) is 0. The van der Waals surface area contributed by atoms with Crippen LogP contribution in [0.1, 0.15) is 101 Å². The van der Waals surface area contributed by atoms with Crippen LogP contribution in [0.15, 0.2) is 10.9 Å². The van der Waals surface area contributed by atoms with Crippen LogP contribution in [-0.2, 0) is 12.8 Å². The molecule has 0 saturated heterocycles. The zero-order chi connectivity index (χ0) is 15.8. The molecule has 22 heavy (non-hydrogen) atoms. The fourth-order valence-electron chi connectivity index (χ4n) is 3.71. The van der Waals surface area contributed by atoms with Gasteiger partial charge in [0.1, 0.15) is 0 Å². The van der Waals surface area contributed by atoms with Gasteiger partial charge in [-0.05, 0) is 56.1 Å². The van der Waals surface area contributed by atoms with E-state index in [-0.39, 0.29) is 5.56 Å².